The van der Waals surface area contributed by atoms with E-state index in [1.807, 2.05) is 6.92 Å². The number of hydrogen-bond acceptors (Lipinski definition) is 4. The first-order valence-electron chi connectivity index (χ1n) is 6.26. The summed E-state index contributed by atoms with van der Waals surface area (Å²) in [5.74, 6) is 2.04. The molecule has 0 aliphatic heterocycles. The van der Waals surface area contributed by atoms with Gasteiger partial charge in [0, 0.05) is 16.5 Å². The Morgan fingerprint density at radius 3 is 2.40 bits per heavy atom. The standard InChI is InChI=1S/C14H15Cl2N3O/c1-3-4-12-18-13(17)8(2)14(19-12)20-11-6-9(15)5-10(16)7-11/h5-7H,3-4H2,1-2H3,(H2,17,18,19). The lowest BCUT2D eigenvalue weighted by Crippen LogP contribution is -2.05. The number of aromatic nitrogens is 2. The van der Waals surface area contributed by atoms with Gasteiger partial charge >= 0.3 is 0 Å². The van der Waals surface area contributed by atoms with Gasteiger partial charge in [-0.05, 0) is 31.5 Å². The van der Waals surface area contributed by atoms with Gasteiger partial charge in [-0.3, -0.25) is 0 Å². The largest absolute Gasteiger partial charge is 0.438 e. The fraction of sp³-hybridized carbons (Fsp3) is 0.286. The molecule has 1 aromatic carbocycles. The zero-order valence-corrected chi connectivity index (χ0v) is 12.8. The highest BCUT2D eigenvalue weighted by atomic mass is 35.5. The molecule has 0 aliphatic rings. The molecule has 0 atom stereocenters. The summed E-state index contributed by atoms with van der Waals surface area (Å²) in [5, 5.41) is 1.00. The van der Waals surface area contributed by atoms with Crippen LogP contribution < -0.4 is 10.5 Å². The second-order valence-corrected chi connectivity index (χ2v) is 5.29. The summed E-state index contributed by atoms with van der Waals surface area (Å²) in [4.78, 5) is 8.61. The molecule has 0 fully saturated rings. The highest BCUT2D eigenvalue weighted by Crippen LogP contribution is 2.30. The third kappa shape index (κ3) is 3.52. The van der Waals surface area contributed by atoms with Gasteiger partial charge in [-0.25, -0.2) is 4.98 Å². The molecule has 0 saturated heterocycles. The Hall–Kier alpha value is -1.52. The Morgan fingerprint density at radius 1 is 1.15 bits per heavy atom. The molecule has 20 heavy (non-hydrogen) atoms. The highest BCUT2D eigenvalue weighted by molar-refractivity contribution is 6.34. The van der Waals surface area contributed by atoms with Gasteiger partial charge in [-0.2, -0.15) is 4.98 Å². The smallest absolute Gasteiger partial charge is 0.227 e. The fourth-order valence-electron chi connectivity index (χ4n) is 1.69. The molecule has 2 aromatic rings. The van der Waals surface area contributed by atoms with Crippen LogP contribution in [0.25, 0.3) is 0 Å². The van der Waals surface area contributed by atoms with Crippen molar-refractivity contribution in [3.05, 3.63) is 39.6 Å². The number of nitrogens with two attached hydrogens (primary N) is 1. The molecule has 0 spiro atoms. The monoisotopic (exact) mass is 311 g/mol. The van der Waals surface area contributed by atoms with Crippen molar-refractivity contribution in [3.63, 3.8) is 0 Å². The van der Waals surface area contributed by atoms with E-state index in [9.17, 15) is 0 Å². The summed E-state index contributed by atoms with van der Waals surface area (Å²) in [5.41, 5.74) is 6.58. The molecule has 0 bridgehead atoms. The van der Waals surface area contributed by atoms with E-state index in [1.165, 1.54) is 0 Å². The van der Waals surface area contributed by atoms with E-state index in [4.69, 9.17) is 33.7 Å². The molecular weight excluding hydrogens is 297 g/mol. The fourth-order valence-corrected chi connectivity index (χ4v) is 2.20. The first-order valence-corrected chi connectivity index (χ1v) is 7.02. The highest BCUT2D eigenvalue weighted by Gasteiger charge is 2.11. The quantitative estimate of drug-likeness (QED) is 0.908. The lowest BCUT2D eigenvalue weighted by Gasteiger charge is -2.11. The third-order valence-electron chi connectivity index (χ3n) is 2.71. The molecule has 1 aromatic heterocycles. The minimum atomic E-state index is 0.423. The number of nitrogen functional groups attached to an aromatic ring is 1. The maximum Gasteiger partial charge on any atom is 0.227 e. The molecule has 0 amide bonds. The van der Waals surface area contributed by atoms with Gasteiger partial charge in [0.2, 0.25) is 5.88 Å². The van der Waals surface area contributed by atoms with Crippen molar-refractivity contribution in [2.24, 2.45) is 0 Å². The van der Waals surface area contributed by atoms with E-state index in [0.717, 1.165) is 12.8 Å². The number of aryl methyl sites for hydroxylation is 1. The molecule has 106 valence electrons. The van der Waals surface area contributed by atoms with Gasteiger partial charge in [0.15, 0.2) is 0 Å². The molecule has 1 heterocycles. The van der Waals surface area contributed by atoms with Crippen molar-refractivity contribution in [2.75, 3.05) is 5.73 Å². The number of nitrogens with zero attached hydrogens (tertiary/aromatic N) is 2. The van der Waals surface area contributed by atoms with Crippen LogP contribution in [-0.4, -0.2) is 9.97 Å². The number of ether oxygens (including phenoxy) is 1. The van der Waals surface area contributed by atoms with Crippen LogP contribution in [0.4, 0.5) is 5.82 Å². The Labute approximate surface area is 127 Å². The first kappa shape index (κ1) is 14.9. The molecule has 0 aliphatic carbocycles. The van der Waals surface area contributed by atoms with E-state index in [2.05, 4.69) is 16.9 Å². The topological polar surface area (TPSA) is 61.0 Å². The predicted molar refractivity (Wildman–Crippen MR) is 81.7 cm³/mol. The Balaban J connectivity index is 2.36. The Morgan fingerprint density at radius 2 is 1.80 bits per heavy atom. The number of rotatable bonds is 4. The van der Waals surface area contributed by atoms with Crippen LogP contribution in [0.3, 0.4) is 0 Å². The van der Waals surface area contributed by atoms with Crippen LogP contribution in [0.15, 0.2) is 18.2 Å². The molecule has 2 rings (SSSR count). The summed E-state index contributed by atoms with van der Waals surface area (Å²) in [7, 11) is 0. The molecule has 0 saturated carbocycles. The SMILES string of the molecule is CCCc1nc(N)c(C)c(Oc2cc(Cl)cc(Cl)c2)n1. The van der Waals surface area contributed by atoms with Gasteiger partial charge < -0.3 is 10.5 Å². The predicted octanol–water partition coefficient (Wildman–Crippen LogP) is 4.42. The Bertz CT molecular complexity index is 612. The van der Waals surface area contributed by atoms with Crippen molar-refractivity contribution in [2.45, 2.75) is 26.7 Å². The van der Waals surface area contributed by atoms with Crippen molar-refractivity contribution < 1.29 is 4.74 Å². The number of hydrogen-bond donors (Lipinski definition) is 1. The van der Waals surface area contributed by atoms with E-state index in [1.54, 1.807) is 18.2 Å². The van der Waals surface area contributed by atoms with Gasteiger partial charge in [0.1, 0.15) is 17.4 Å². The zero-order chi connectivity index (χ0) is 14.7. The summed E-state index contributed by atoms with van der Waals surface area (Å²) in [6.45, 7) is 3.86. The van der Waals surface area contributed by atoms with Crippen LogP contribution >= 0.6 is 23.2 Å². The average molecular weight is 312 g/mol. The average Bonchev–Trinajstić information content (AvgIpc) is 2.34. The van der Waals surface area contributed by atoms with Crippen LogP contribution in [-0.2, 0) is 6.42 Å². The van der Waals surface area contributed by atoms with E-state index in [-0.39, 0.29) is 0 Å². The minimum absolute atomic E-state index is 0.423. The van der Waals surface area contributed by atoms with Crippen molar-refractivity contribution >= 4 is 29.0 Å². The lowest BCUT2D eigenvalue weighted by molar-refractivity contribution is 0.455. The molecule has 4 nitrogen and oxygen atoms in total. The van der Waals surface area contributed by atoms with Crippen LogP contribution in [0, 0.1) is 6.92 Å². The van der Waals surface area contributed by atoms with Crippen LogP contribution in [0.2, 0.25) is 10.0 Å². The van der Waals surface area contributed by atoms with Gasteiger partial charge in [-0.15, -0.1) is 0 Å². The molecular formula is C14H15Cl2N3O. The zero-order valence-electron chi connectivity index (χ0n) is 11.3. The summed E-state index contributed by atoms with van der Waals surface area (Å²) in [6.07, 6.45) is 1.68. The summed E-state index contributed by atoms with van der Waals surface area (Å²) < 4.78 is 5.74. The van der Waals surface area contributed by atoms with E-state index in [0.29, 0.717) is 38.9 Å². The van der Waals surface area contributed by atoms with Crippen molar-refractivity contribution in [1.29, 1.82) is 0 Å². The number of benzene rings is 1. The Kier molecular flexibility index (Phi) is 4.68. The van der Waals surface area contributed by atoms with E-state index < -0.39 is 0 Å². The van der Waals surface area contributed by atoms with E-state index >= 15 is 0 Å². The second-order valence-electron chi connectivity index (χ2n) is 4.41. The lowest BCUT2D eigenvalue weighted by atomic mass is 10.3. The molecule has 0 radical (unpaired) electrons. The van der Waals surface area contributed by atoms with Gasteiger partial charge in [0.25, 0.3) is 0 Å². The second kappa shape index (κ2) is 6.29. The maximum absolute atomic E-state index is 5.95. The maximum atomic E-state index is 5.95. The number of anilines is 1. The van der Waals surface area contributed by atoms with Gasteiger partial charge in [0.05, 0.1) is 5.56 Å². The first-order chi connectivity index (χ1) is 9.49. The molecule has 6 heteroatoms. The van der Waals surface area contributed by atoms with Crippen molar-refractivity contribution in [1.82, 2.24) is 9.97 Å². The van der Waals surface area contributed by atoms with Crippen LogP contribution in [0.5, 0.6) is 11.6 Å². The summed E-state index contributed by atoms with van der Waals surface area (Å²) >= 11 is 11.9. The third-order valence-corrected chi connectivity index (χ3v) is 3.15. The minimum Gasteiger partial charge on any atom is -0.438 e. The normalized spacial score (nSPS) is 10.6. The number of halogens is 2. The summed E-state index contributed by atoms with van der Waals surface area (Å²) in [6, 6.07) is 4.98. The molecule has 2 N–H and O–H groups in total. The van der Waals surface area contributed by atoms with Gasteiger partial charge in [-0.1, -0.05) is 30.1 Å². The van der Waals surface area contributed by atoms with Crippen LogP contribution in [0.1, 0.15) is 24.7 Å². The molecule has 0 unspecified atom stereocenters. The van der Waals surface area contributed by atoms with Crippen molar-refractivity contribution in [3.8, 4) is 11.6 Å².